The first-order chi connectivity index (χ1) is 6.42. The Morgan fingerprint density at radius 1 is 1.07 bits per heavy atom. The van der Waals surface area contributed by atoms with E-state index in [-0.39, 0.29) is 17.0 Å². The first-order valence-electron chi connectivity index (χ1n) is 4.24. The predicted octanol–water partition coefficient (Wildman–Crippen LogP) is -1.04. The highest BCUT2D eigenvalue weighted by molar-refractivity contribution is 5.75. The Morgan fingerprint density at radius 2 is 1.79 bits per heavy atom. The smallest absolute Gasteiger partial charge is 0.228 e. The highest BCUT2D eigenvalue weighted by Crippen LogP contribution is 2.06. The van der Waals surface area contributed by atoms with E-state index in [1.165, 1.54) is 5.39 Å². The van der Waals surface area contributed by atoms with Gasteiger partial charge in [0.1, 0.15) is 0 Å². The average Bonchev–Trinajstić information content (AvgIpc) is 2.19. The van der Waals surface area contributed by atoms with E-state index in [4.69, 9.17) is 0 Å². The lowest BCUT2D eigenvalue weighted by atomic mass is 10.2. The van der Waals surface area contributed by atoms with Gasteiger partial charge in [0.2, 0.25) is 11.6 Å². The molecule has 0 amide bonds. The maximum Gasteiger partial charge on any atom is 0.228 e. The van der Waals surface area contributed by atoms with Crippen molar-refractivity contribution in [2.45, 2.75) is 6.92 Å². The van der Waals surface area contributed by atoms with Crippen LogP contribution in [0.1, 0.15) is 6.92 Å². The summed E-state index contributed by atoms with van der Waals surface area (Å²) in [5.41, 5.74) is 1.15. The second kappa shape index (κ2) is 4.78. The van der Waals surface area contributed by atoms with Crippen LogP contribution in [-0.4, -0.2) is 0 Å². The van der Waals surface area contributed by atoms with Crippen LogP contribution in [0.5, 0.6) is 0 Å². The van der Waals surface area contributed by atoms with Crippen molar-refractivity contribution < 1.29 is 21.5 Å². The summed E-state index contributed by atoms with van der Waals surface area (Å²) in [5.74, 6) is 2.89. The Balaban J connectivity index is 0.000000980. The van der Waals surface area contributed by atoms with Crippen molar-refractivity contribution >= 4 is 10.9 Å². The van der Waals surface area contributed by atoms with Crippen molar-refractivity contribution in [3.63, 3.8) is 0 Å². The van der Waals surface area contributed by atoms with E-state index in [2.05, 4.69) is 30.2 Å². The van der Waals surface area contributed by atoms with Crippen LogP contribution in [0.3, 0.4) is 0 Å². The van der Waals surface area contributed by atoms with Gasteiger partial charge in [0.05, 0.1) is 0 Å². The van der Waals surface area contributed by atoms with Gasteiger partial charge in [0.25, 0.3) is 0 Å². The lowest BCUT2D eigenvalue weighted by Crippen LogP contribution is -3.00. The van der Waals surface area contributed by atoms with Gasteiger partial charge in [0, 0.05) is 24.4 Å². The molecule has 2 rings (SSSR count). The van der Waals surface area contributed by atoms with E-state index in [1.807, 2.05) is 35.9 Å². The van der Waals surface area contributed by atoms with Gasteiger partial charge in [-0.05, 0) is 18.1 Å². The maximum absolute atomic E-state index is 3.02. The van der Waals surface area contributed by atoms with Crippen LogP contribution < -0.4 is 21.5 Å². The Kier molecular flexibility index (Phi) is 3.67. The topological polar surface area (TPSA) is 3.88 Å². The number of benzene rings is 1. The fraction of sp³-hybridized carbons (Fsp3) is 0.0833. The van der Waals surface area contributed by atoms with E-state index in [9.17, 15) is 0 Å². The SMILES string of the molecule is CC#C[n+]1cccc2ccccc21.[Br-]. The monoisotopic (exact) mass is 247 g/mol. The fourth-order valence-corrected chi connectivity index (χ4v) is 1.38. The molecule has 0 aliphatic heterocycles. The van der Waals surface area contributed by atoms with Crippen LogP contribution in [0.25, 0.3) is 10.9 Å². The van der Waals surface area contributed by atoms with Crippen LogP contribution in [-0.2, 0) is 0 Å². The maximum atomic E-state index is 3.02. The third kappa shape index (κ3) is 1.94. The molecule has 1 nitrogen and oxygen atoms in total. The standard InChI is InChI=1S/C12H10N.BrH/c1-2-9-13-10-5-7-11-6-3-4-8-12(11)13;/h3-8,10H,1H3;1H/q+1;/p-1. The van der Waals surface area contributed by atoms with Crippen LogP contribution in [0.4, 0.5) is 0 Å². The molecule has 1 aromatic carbocycles. The quantitative estimate of drug-likeness (QED) is 0.414. The Hall–Kier alpha value is -1.33. The molecule has 0 unspecified atom stereocenters. The lowest BCUT2D eigenvalue weighted by molar-refractivity contribution is -0.554. The number of rotatable bonds is 0. The van der Waals surface area contributed by atoms with Crippen LogP contribution in [0.15, 0.2) is 42.6 Å². The fourth-order valence-electron chi connectivity index (χ4n) is 1.38. The summed E-state index contributed by atoms with van der Waals surface area (Å²) < 4.78 is 1.94. The zero-order chi connectivity index (χ0) is 9.10. The number of para-hydroxylation sites is 1. The molecule has 1 heterocycles. The van der Waals surface area contributed by atoms with Gasteiger partial charge in [-0.3, -0.25) is 0 Å². The summed E-state index contributed by atoms with van der Waals surface area (Å²) in [6, 6.07) is 15.3. The zero-order valence-corrected chi connectivity index (χ0v) is 9.45. The third-order valence-electron chi connectivity index (χ3n) is 1.94. The third-order valence-corrected chi connectivity index (χ3v) is 1.94. The molecule has 2 aromatic rings. The lowest BCUT2D eigenvalue weighted by Gasteiger charge is -1.91. The molecule has 0 atom stereocenters. The van der Waals surface area contributed by atoms with Crippen molar-refractivity contribution in [2.75, 3.05) is 0 Å². The predicted molar refractivity (Wildman–Crippen MR) is 53.0 cm³/mol. The van der Waals surface area contributed by atoms with Crippen LogP contribution in [0, 0.1) is 12.0 Å². The van der Waals surface area contributed by atoms with E-state index in [0.29, 0.717) is 0 Å². The van der Waals surface area contributed by atoms with Crippen LogP contribution >= 0.6 is 0 Å². The van der Waals surface area contributed by atoms with Crippen molar-refractivity contribution in [3.8, 4) is 12.0 Å². The van der Waals surface area contributed by atoms with E-state index >= 15 is 0 Å². The second-order valence-corrected chi connectivity index (χ2v) is 2.80. The molecule has 0 aliphatic carbocycles. The number of aromatic nitrogens is 1. The van der Waals surface area contributed by atoms with Gasteiger partial charge in [-0.1, -0.05) is 12.1 Å². The van der Waals surface area contributed by atoms with Gasteiger partial charge in [-0.25, -0.2) is 0 Å². The number of pyridine rings is 1. The molecule has 2 heteroatoms. The van der Waals surface area contributed by atoms with Crippen molar-refractivity contribution in [1.29, 1.82) is 0 Å². The van der Waals surface area contributed by atoms with Crippen LogP contribution in [0.2, 0.25) is 0 Å². The number of hydrogen-bond acceptors (Lipinski definition) is 0. The van der Waals surface area contributed by atoms with E-state index in [0.717, 1.165) is 5.52 Å². The molecule has 0 saturated carbocycles. The minimum absolute atomic E-state index is 0. The van der Waals surface area contributed by atoms with E-state index < -0.39 is 0 Å². The molecular weight excluding hydrogens is 238 g/mol. The minimum atomic E-state index is 0. The first kappa shape index (κ1) is 10.7. The molecule has 0 bridgehead atoms. The summed E-state index contributed by atoms with van der Waals surface area (Å²) >= 11 is 0. The molecule has 0 spiro atoms. The number of fused-ring (bicyclic) bond motifs is 1. The van der Waals surface area contributed by atoms with Gasteiger partial charge < -0.3 is 17.0 Å². The molecule has 0 radical (unpaired) electrons. The van der Waals surface area contributed by atoms with Crippen molar-refractivity contribution in [1.82, 2.24) is 0 Å². The normalized spacial score (nSPS) is 8.64. The largest absolute Gasteiger partial charge is 1.00 e. The number of hydrogen-bond donors (Lipinski definition) is 0. The summed E-state index contributed by atoms with van der Waals surface area (Å²) in [5, 5.41) is 1.22. The highest BCUT2D eigenvalue weighted by atomic mass is 79.9. The highest BCUT2D eigenvalue weighted by Gasteiger charge is 2.03. The molecule has 0 saturated heterocycles. The second-order valence-electron chi connectivity index (χ2n) is 2.80. The summed E-state index contributed by atoms with van der Waals surface area (Å²) in [4.78, 5) is 0. The summed E-state index contributed by atoms with van der Waals surface area (Å²) in [6.07, 6.45) is 1.97. The van der Waals surface area contributed by atoms with Crippen molar-refractivity contribution in [3.05, 3.63) is 42.6 Å². The molecule has 14 heavy (non-hydrogen) atoms. The molecule has 0 N–H and O–H groups in total. The van der Waals surface area contributed by atoms with Gasteiger partial charge >= 0.3 is 0 Å². The molecule has 0 fully saturated rings. The average molecular weight is 248 g/mol. The van der Waals surface area contributed by atoms with E-state index in [1.54, 1.807) is 0 Å². The summed E-state index contributed by atoms with van der Waals surface area (Å²) in [6.45, 7) is 1.84. The Bertz CT molecular complexity index is 489. The number of nitrogens with zero attached hydrogens (tertiary/aromatic N) is 1. The zero-order valence-electron chi connectivity index (χ0n) is 7.87. The first-order valence-corrected chi connectivity index (χ1v) is 4.24. The number of halogens is 1. The van der Waals surface area contributed by atoms with Gasteiger partial charge in [-0.2, -0.15) is 0 Å². The molecule has 0 aliphatic rings. The molecular formula is C12H10BrN. The van der Waals surface area contributed by atoms with Crippen molar-refractivity contribution in [2.24, 2.45) is 0 Å². The Morgan fingerprint density at radius 3 is 2.57 bits per heavy atom. The molecule has 70 valence electrons. The Labute approximate surface area is 94.1 Å². The minimum Gasteiger partial charge on any atom is -1.00 e. The van der Waals surface area contributed by atoms with Gasteiger partial charge in [0.15, 0.2) is 6.20 Å². The summed E-state index contributed by atoms with van der Waals surface area (Å²) in [7, 11) is 0. The molecule has 1 aromatic heterocycles. The van der Waals surface area contributed by atoms with Gasteiger partial charge in [-0.15, -0.1) is 4.57 Å².